The van der Waals surface area contributed by atoms with Crippen LogP contribution in [0.3, 0.4) is 0 Å². The van der Waals surface area contributed by atoms with Gasteiger partial charge in [-0.2, -0.15) is 0 Å². The van der Waals surface area contributed by atoms with Gasteiger partial charge in [0.25, 0.3) is 11.9 Å². The Hall–Kier alpha value is -3.38. The van der Waals surface area contributed by atoms with Crippen LogP contribution in [0.4, 0.5) is 0 Å². The fourth-order valence-electron chi connectivity index (χ4n) is 5.05. The number of benzene rings is 2. The molecule has 3 heterocycles. The van der Waals surface area contributed by atoms with Crippen LogP contribution in [-0.2, 0) is 18.9 Å². The molecule has 0 spiro atoms. The lowest BCUT2D eigenvalue weighted by Crippen LogP contribution is -2.64. The number of phenolic OH excluding ortho intramolecular Hbond substituents is 4. The summed E-state index contributed by atoms with van der Waals surface area (Å²) >= 11 is 0. The molecule has 11 atom stereocenters. The number of hydrogen-bond donors (Lipinski definition) is 10. The Balaban J connectivity index is 1.52. The van der Waals surface area contributed by atoms with E-state index in [1.165, 1.54) is 37.3 Å². The van der Waals surface area contributed by atoms with Crippen molar-refractivity contribution in [3.8, 4) is 28.7 Å². The van der Waals surface area contributed by atoms with Crippen molar-refractivity contribution >= 4 is 6.08 Å². The van der Waals surface area contributed by atoms with E-state index in [0.717, 1.165) is 6.07 Å². The first-order valence-corrected chi connectivity index (χ1v) is 13.0. The van der Waals surface area contributed by atoms with E-state index in [4.69, 9.17) is 18.9 Å². The Bertz CT molecular complexity index is 1320. The quantitative estimate of drug-likeness (QED) is 0.135. The minimum absolute atomic E-state index is 0.0543. The molecule has 0 bridgehead atoms. The summed E-state index contributed by atoms with van der Waals surface area (Å²) < 4.78 is 27.6. The van der Waals surface area contributed by atoms with Gasteiger partial charge >= 0.3 is 0 Å². The Morgan fingerprint density at radius 3 is 2.21 bits per heavy atom. The van der Waals surface area contributed by atoms with Gasteiger partial charge in [-0.1, -0.05) is 0 Å². The van der Waals surface area contributed by atoms with Crippen LogP contribution in [0, 0.1) is 0 Å². The number of fused-ring (bicyclic) bond motifs is 1. The molecule has 0 aromatic heterocycles. The Labute approximate surface area is 238 Å². The number of hydrogen-bond acceptors (Lipinski definition) is 14. The first kappa shape index (κ1) is 30.1. The van der Waals surface area contributed by atoms with E-state index in [1.807, 2.05) is 0 Å². The molecule has 0 amide bonds. The molecule has 5 rings (SSSR count). The largest absolute Gasteiger partial charge is 0.571 e. The van der Waals surface area contributed by atoms with Crippen LogP contribution in [0.25, 0.3) is 6.08 Å². The van der Waals surface area contributed by atoms with Crippen LogP contribution < -0.4 is 0 Å². The minimum atomic E-state index is -1.79. The molecule has 2 fully saturated rings. The number of aliphatic hydroxyl groups excluding tert-OH is 6. The molecule has 2 aromatic carbocycles. The van der Waals surface area contributed by atoms with E-state index < -0.39 is 85.6 Å². The highest BCUT2D eigenvalue weighted by Gasteiger charge is 2.51. The summed E-state index contributed by atoms with van der Waals surface area (Å²) in [6.07, 6.45) is -15.3. The van der Waals surface area contributed by atoms with Crippen LogP contribution in [0.15, 0.2) is 36.1 Å². The zero-order valence-electron chi connectivity index (χ0n) is 22.1. The molecule has 3 aliphatic rings. The summed E-state index contributed by atoms with van der Waals surface area (Å²) in [6, 6.07) is 6.20. The van der Waals surface area contributed by atoms with Crippen molar-refractivity contribution in [1.82, 2.24) is 0 Å². The van der Waals surface area contributed by atoms with E-state index in [9.17, 15) is 51.1 Å². The van der Waals surface area contributed by atoms with Crippen molar-refractivity contribution in [3.63, 3.8) is 0 Å². The van der Waals surface area contributed by atoms with Crippen molar-refractivity contribution in [2.45, 2.75) is 74.4 Å². The van der Waals surface area contributed by atoms with Crippen molar-refractivity contribution < 1.29 is 74.7 Å². The van der Waals surface area contributed by atoms with E-state index in [0.29, 0.717) is 0 Å². The predicted octanol–water partition coefficient (Wildman–Crippen LogP) is -1.49. The maximum Gasteiger partial charge on any atom is 0.270 e. The lowest BCUT2D eigenvalue weighted by atomic mass is 9.97. The molecule has 0 radical (unpaired) electrons. The molecular formula is C27H33O15+. The molecule has 0 aliphatic carbocycles. The van der Waals surface area contributed by atoms with Gasteiger partial charge in [-0.25, -0.2) is 0 Å². The Morgan fingerprint density at radius 2 is 1.52 bits per heavy atom. The average Bonchev–Trinajstić information content (AvgIpc) is 2.95. The Kier molecular flexibility index (Phi) is 8.39. The second kappa shape index (κ2) is 11.7. The average molecular weight is 598 g/mol. The van der Waals surface area contributed by atoms with Gasteiger partial charge in [-0.15, -0.1) is 0 Å². The first-order valence-electron chi connectivity index (χ1n) is 13.0. The van der Waals surface area contributed by atoms with E-state index >= 15 is 0 Å². The monoisotopic (exact) mass is 597 g/mol. The van der Waals surface area contributed by atoms with Gasteiger partial charge in [-0.3, -0.25) is 0 Å². The summed E-state index contributed by atoms with van der Waals surface area (Å²) in [5.41, 5.74) is 0.418. The van der Waals surface area contributed by atoms with Gasteiger partial charge in [0.15, 0.2) is 29.7 Å². The molecular weight excluding hydrogens is 564 g/mol. The molecule has 2 aromatic rings. The molecule has 42 heavy (non-hydrogen) atoms. The third kappa shape index (κ3) is 5.54. The predicted molar refractivity (Wildman–Crippen MR) is 138 cm³/mol. The molecule has 11 N–H and O–H groups in total. The second-order valence-corrected chi connectivity index (χ2v) is 10.3. The fraction of sp³-hybridized carbons (Fsp3) is 0.481. The van der Waals surface area contributed by atoms with Gasteiger partial charge in [0.05, 0.1) is 24.3 Å². The summed E-state index contributed by atoms with van der Waals surface area (Å²) in [5, 5.41) is 102. The number of phenols is 4. The van der Waals surface area contributed by atoms with Gasteiger partial charge < -0.3 is 74.7 Å². The second-order valence-electron chi connectivity index (χ2n) is 10.3. The lowest BCUT2D eigenvalue weighted by molar-refractivity contribution is -0.361. The molecule has 15 nitrogen and oxygen atoms in total. The molecule has 230 valence electrons. The maximum absolute atomic E-state index is 11.0. The Morgan fingerprint density at radius 1 is 0.786 bits per heavy atom. The topological polar surface area (TPSA) is 252 Å². The zero-order chi connectivity index (χ0) is 30.5. The number of aliphatic hydroxyl groups is 7. The normalized spacial score (nSPS) is 36.5. The third-order valence-electron chi connectivity index (χ3n) is 7.44. The SMILES string of the molecule is CC1OC(OC2C(OC3=Cc4c(O)cc(O)cc4[OH+]C3c3ccc(O)c(O)c3)OC(CO)C(O)C2O)C(O)C(O)C1O. The van der Waals surface area contributed by atoms with Gasteiger partial charge in [0, 0.05) is 12.1 Å². The van der Waals surface area contributed by atoms with Gasteiger partial charge in [0.1, 0.15) is 53.7 Å². The van der Waals surface area contributed by atoms with Crippen molar-refractivity contribution in [2.75, 3.05) is 6.61 Å². The minimum Gasteiger partial charge on any atom is -0.571 e. The number of rotatable bonds is 6. The third-order valence-corrected chi connectivity index (χ3v) is 7.44. The molecule has 2 saturated heterocycles. The molecule has 3 aliphatic heterocycles. The van der Waals surface area contributed by atoms with Crippen LogP contribution in [0.5, 0.6) is 28.7 Å². The van der Waals surface area contributed by atoms with Crippen LogP contribution in [-0.4, -0.2) is 124 Å². The van der Waals surface area contributed by atoms with Gasteiger partial charge in [0.2, 0.25) is 6.29 Å². The summed E-state index contributed by atoms with van der Waals surface area (Å²) in [7, 11) is 0. The van der Waals surface area contributed by atoms with Crippen LogP contribution >= 0.6 is 0 Å². The van der Waals surface area contributed by atoms with E-state index in [2.05, 4.69) is 4.74 Å². The summed E-state index contributed by atoms with van der Waals surface area (Å²) in [5.74, 6) is -1.42. The first-order chi connectivity index (χ1) is 19.9. The van der Waals surface area contributed by atoms with Gasteiger partial charge in [-0.05, 0) is 25.1 Å². The summed E-state index contributed by atoms with van der Waals surface area (Å²) in [6.45, 7) is 0.680. The van der Waals surface area contributed by atoms with Crippen molar-refractivity contribution in [1.29, 1.82) is 0 Å². The van der Waals surface area contributed by atoms with E-state index in [-0.39, 0.29) is 34.1 Å². The van der Waals surface area contributed by atoms with Crippen molar-refractivity contribution in [3.05, 3.63) is 47.2 Å². The highest BCUT2D eigenvalue weighted by molar-refractivity contribution is 5.69. The maximum atomic E-state index is 11.0. The van der Waals surface area contributed by atoms with Crippen LogP contribution in [0.1, 0.15) is 24.2 Å². The zero-order valence-corrected chi connectivity index (χ0v) is 22.1. The van der Waals surface area contributed by atoms with Crippen molar-refractivity contribution in [2.24, 2.45) is 0 Å². The molecule has 15 heteroatoms. The highest BCUT2D eigenvalue weighted by atomic mass is 16.8. The van der Waals surface area contributed by atoms with E-state index in [1.54, 1.807) is 0 Å². The highest BCUT2D eigenvalue weighted by Crippen LogP contribution is 2.46. The standard InChI is InChI=1S/C27H32O15/c1-9-19(33)21(35)23(37)26(38-9)42-25-22(36)20(34)18(8-28)41-27(25)40-17-7-12-14(31)5-11(29)6-16(12)39-24(17)10-2-3-13(30)15(32)4-10/h2-7,9,18-37H,8H2,1H3/p+1. The lowest BCUT2D eigenvalue weighted by Gasteiger charge is -2.46. The molecule has 0 saturated carbocycles. The molecule has 11 unspecified atom stereocenters. The number of aromatic hydroxyl groups is 5. The fourth-order valence-corrected chi connectivity index (χ4v) is 5.05. The number of ether oxygens (including phenoxy) is 5. The summed E-state index contributed by atoms with van der Waals surface area (Å²) in [4.78, 5) is 0. The van der Waals surface area contributed by atoms with Crippen LogP contribution in [0.2, 0.25) is 0 Å². The smallest absolute Gasteiger partial charge is 0.270 e.